The molecular weight excluding hydrogens is 396 g/mol. The lowest BCUT2D eigenvalue weighted by Gasteiger charge is -2.41. The number of nitrogens with zero attached hydrogens (tertiary/aromatic N) is 3. The van der Waals surface area contributed by atoms with Crippen LogP contribution in [0.5, 0.6) is 0 Å². The summed E-state index contributed by atoms with van der Waals surface area (Å²) >= 11 is 0. The van der Waals surface area contributed by atoms with Gasteiger partial charge in [0, 0.05) is 24.5 Å². The van der Waals surface area contributed by atoms with Gasteiger partial charge in [0.15, 0.2) is 0 Å². The molecule has 0 radical (unpaired) electrons. The molecule has 1 aromatic heterocycles. The quantitative estimate of drug-likeness (QED) is 0.575. The Labute approximate surface area is 190 Å². The maximum Gasteiger partial charge on any atom is 0.225 e. The largest absolute Gasteiger partial charge is 0.369 e. The zero-order valence-electron chi connectivity index (χ0n) is 18.8. The fourth-order valence-corrected chi connectivity index (χ4v) is 4.93. The SMILES string of the molecule is C[C@H](CCN1CCC[C@](Cc2ccccc2-c2cncnc2)(C(N)=O)C1)c1ccccc1. The molecular formula is C27H32N4O. The number of carbonyl (C=O) groups is 1. The number of likely N-dealkylation sites (tertiary alicyclic amines) is 1. The molecule has 2 heterocycles. The van der Waals surface area contributed by atoms with Crippen LogP contribution in [-0.4, -0.2) is 40.4 Å². The van der Waals surface area contributed by atoms with Gasteiger partial charge >= 0.3 is 0 Å². The highest BCUT2D eigenvalue weighted by Crippen LogP contribution is 2.37. The van der Waals surface area contributed by atoms with Crippen LogP contribution in [0.2, 0.25) is 0 Å². The molecule has 5 nitrogen and oxygen atoms in total. The number of nitrogens with two attached hydrogens (primary N) is 1. The minimum Gasteiger partial charge on any atom is -0.369 e. The molecule has 0 aliphatic carbocycles. The molecule has 0 unspecified atom stereocenters. The van der Waals surface area contributed by atoms with Crippen LogP contribution < -0.4 is 5.73 Å². The summed E-state index contributed by atoms with van der Waals surface area (Å²) in [5, 5.41) is 0. The van der Waals surface area contributed by atoms with Crippen LogP contribution in [0, 0.1) is 5.41 Å². The summed E-state index contributed by atoms with van der Waals surface area (Å²) in [6.07, 6.45) is 8.69. The average molecular weight is 429 g/mol. The molecule has 1 amide bonds. The molecule has 32 heavy (non-hydrogen) atoms. The second-order valence-corrected chi connectivity index (χ2v) is 9.09. The van der Waals surface area contributed by atoms with Crippen molar-refractivity contribution in [1.82, 2.24) is 14.9 Å². The third kappa shape index (κ3) is 5.05. The molecule has 1 saturated heterocycles. The van der Waals surface area contributed by atoms with Gasteiger partial charge in [-0.25, -0.2) is 9.97 Å². The number of rotatable bonds is 8. The summed E-state index contributed by atoms with van der Waals surface area (Å²) < 4.78 is 0. The molecule has 0 spiro atoms. The Morgan fingerprint density at radius 3 is 2.56 bits per heavy atom. The molecule has 0 saturated carbocycles. The number of hydrogen-bond donors (Lipinski definition) is 1. The number of carbonyl (C=O) groups excluding carboxylic acids is 1. The molecule has 1 aliphatic heterocycles. The van der Waals surface area contributed by atoms with E-state index < -0.39 is 5.41 Å². The van der Waals surface area contributed by atoms with Gasteiger partial charge < -0.3 is 10.6 Å². The molecule has 2 aromatic carbocycles. The van der Waals surface area contributed by atoms with Gasteiger partial charge in [0.05, 0.1) is 5.41 Å². The molecule has 166 valence electrons. The van der Waals surface area contributed by atoms with Crippen molar-refractivity contribution in [3.8, 4) is 11.1 Å². The number of piperidine rings is 1. The highest BCUT2D eigenvalue weighted by Gasteiger charge is 2.41. The van der Waals surface area contributed by atoms with Gasteiger partial charge in [-0.15, -0.1) is 0 Å². The summed E-state index contributed by atoms with van der Waals surface area (Å²) in [7, 11) is 0. The Balaban J connectivity index is 1.50. The van der Waals surface area contributed by atoms with Gasteiger partial charge in [0.1, 0.15) is 6.33 Å². The summed E-state index contributed by atoms with van der Waals surface area (Å²) in [5.41, 5.74) is 10.0. The Kier molecular flexibility index (Phi) is 6.96. The normalized spacial score (nSPS) is 20.0. The van der Waals surface area contributed by atoms with E-state index in [4.69, 9.17) is 5.73 Å². The van der Waals surface area contributed by atoms with Gasteiger partial charge in [0.2, 0.25) is 5.91 Å². The van der Waals surface area contributed by atoms with Crippen molar-refractivity contribution >= 4 is 5.91 Å². The van der Waals surface area contributed by atoms with Crippen LogP contribution in [-0.2, 0) is 11.2 Å². The Morgan fingerprint density at radius 1 is 1.09 bits per heavy atom. The highest BCUT2D eigenvalue weighted by molar-refractivity contribution is 5.82. The van der Waals surface area contributed by atoms with Crippen LogP contribution in [0.1, 0.15) is 43.2 Å². The van der Waals surface area contributed by atoms with Crippen LogP contribution in [0.25, 0.3) is 11.1 Å². The predicted octanol–water partition coefficient (Wildman–Crippen LogP) is 4.45. The molecule has 4 rings (SSSR count). The Hall–Kier alpha value is -3.05. The van der Waals surface area contributed by atoms with E-state index in [1.807, 2.05) is 24.5 Å². The van der Waals surface area contributed by atoms with Crippen molar-refractivity contribution in [2.45, 2.75) is 38.5 Å². The first kappa shape index (κ1) is 22.2. The first-order valence-electron chi connectivity index (χ1n) is 11.5. The van der Waals surface area contributed by atoms with E-state index in [0.29, 0.717) is 18.9 Å². The smallest absolute Gasteiger partial charge is 0.225 e. The zero-order chi connectivity index (χ0) is 22.4. The van der Waals surface area contributed by atoms with Gasteiger partial charge in [-0.2, -0.15) is 0 Å². The van der Waals surface area contributed by atoms with E-state index in [-0.39, 0.29) is 5.91 Å². The predicted molar refractivity (Wildman–Crippen MR) is 128 cm³/mol. The fraction of sp³-hybridized carbons (Fsp3) is 0.370. The van der Waals surface area contributed by atoms with Gasteiger partial charge in [-0.3, -0.25) is 4.79 Å². The van der Waals surface area contributed by atoms with E-state index in [1.54, 1.807) is 0 Å². The Bertz CT molecular complexity index is 1020. The molecule has 2 atom stereocenters. The summed E-state index contributed by atoms with van der Waals surface area (Å²) in [5.74, 6) is 0.289. The maximum absolute atomic E-state index is 12.8. The average Bonchev–Trinajstić information content (AvgIpc) is 2.84. The molecule has 2 N–H and O–H groups in total. The van der Waals surface area contributed by atoms with Crippen LogP contribution in [0.15, 0.2) is 73.3 Å². The summed E-state index contributed by atoms with van der Waals surface area (Å²) in [4.78, 5) is 23.6. The molecule has 5 heteroatoms. The molecule has 1 aliphatic rings. The third-order valence-corrected chi connectivity index (χ3v) is 6.84. The van der Waals surface area contributed by atoms with Crippen LogP contribution in [0.3, 0.4) is 0 Å². The first-order valence-corrected chi connectivity index (χ1v) is 11.5. The van der Waals surface area contributed by atoms with E-state index in [0.717, 1.165) is 49.0 Å². The third-order valence-electron chi connectivity index (χ3n) is 6.84. The van der Waals surface area contributed by atoms with Crippen molar-refractivity contribution in [2.75, 3.05) is 19.6 Å². The molecule has 3 aromatic rings. The minimum atomic E-state index is -0.556. The topological polar surface area (TPSA) is 72.1 Å². The van der Waals surface area contributed by atoms with E-state index >= 15 is 0 Å². The monoisotopic (exact) mass is 428 g/mol. The van der Waals surface area contributed by atoms with E-state index in [9.17, 15) is 4.79 Å². The second-order valence-electron chi connectivity index (χ2n) is 9.09. The van der Waals surface area contributed by atoms with Crippen molar-refractivity contribution < 1.29 is 4.79 Å². The maximum atomic E-state index is 12.8. The summed E-state index contributed by atoms with van der Waals surface area (Å²) in [6, 6.07) is 18.9. The number of benzene rings is 2. The van der Waals surface area contributed by atoms with Gasteiger partial charge in [-0.05, 0) is 61.4 Å². The van der Waals surface area contributed by atoms with Gasteiger partial charge in [0.25, 0.3) is 0 Å². The van der Waals surface area contributed by atoms with Crippen LogP contribution in [0.4, 0.5) is 0 Å². The van der Waals surface area contributed by atoms with E-state index in [2.05, 4.69) is 64.3 Å². The van der Waals surface area contributed by atoms with Crippen molar-refractivity contribution in [1.29, 1.82) is 0 Å². The number of primary amides is 1. The molecule has 0 bridgehead atoms. The van der Waals surface area contributed by atoms with Crippen LogP contribution >= 0.6 is 0 Å². The van der Waals surface area contributed by atoms with Crippen molar-refractivity contribution in [3.63, 3.8) is 0 Å². The summed E-state index contributed by atoms with van der Waals surface area (Å²) in [6.45, 7) is 4.98. The lowest BCUT2D eigenvalue weighted by Crippen LogP contribution is -2.52. The number of amides is 1. The van der Waals surface area contributed by atoms with Crippen molar-refractivity contribution in [3.05, 3.63) is 84.4 Å². The highest BCUT2D eigenvalue weighted by atomic mass is 16.1. The second kappa shape index (κ2) is 10.0. The number of aromatic nitrogens is 2. The fourth-order valence-electron chi connectivity index (χ4n) is 4.93. The lowest BCUT2D eigenvalue weighted by molar-refractivity contribution is -0.131. The lowest BCUT2D eigenvalue weighted by atomic mass is 9.73. The first-order chi connectivity index (χ1) is 15.6. The molecule has 1 fully saturated rings. The Morgan fingerprint density at radius 2 is 1.81 bits per heavy atom. The zero-order valence-corrected chi connectivity index (χ0v) is 18.8. The minimum absolute atomic E-state index is 0.197. The number of hydrogen-bond acceptors (Lipinski definition) is 4. The van der Waals surface area contributed by atoms with Crippen molar-refractivity contribution in [2.24, 2.45) is 11.1 Å². The van der Waals surface area contributed by atoms with Gasteiger partial charge in [-0.1, -0.05) is 61.5 Å². The van der Waals surface area contributed by atoms with E-state index in [1.165, 1.54) is 11.9 Å². The standard InChI is InChI=1S/C27H32N4O/c1-21(22-8-3-2-4-9-22)12-15-31-14-7-13-27(19-31,26(28)32)16-23-10-5-6-11-25(23)24-17-29-20-30-18-24/h2-6,8-11,17-18,20-21H,7,12-16,19H2,1H3,(H2,28,32)/t21-,27-/m1/s1.